The van der Waals surface area contributed by atoms with Crippen molar-refractivity contribution in [1.82, 2.24) is 9.03 Å². The molecule has 0 spiro atoms. The van der Waals surface area contributed by atoms with Crippen LogP contribution in [0.4, 0.5) is 4.39 Å². The lowest BCUT2D eigenvalue weighted by Gasteiger charge is -2.33. The van der Waals surface area contributed by atoms with Crippen LogP contribution in [0.2, 0.25) is 0 Å². The van der Waals surface area contributed by atoms with E-state index in [1.807, 2.05) is 19.9 Å². The van der Waals surface area contributed by atoms with E-state index in [0.717, 1.165) is 5.56 Å². The number of ether oxygens (including phenoxy) is 1. The van der Waals surface area contributed by atoms with Gasteiger partial charge in [0.05, 0.1) is 13.2 Å². The van der Waals surface area contributed by atoms with E-state index in [2.05, 4.69) is 4.72 Å². The Morgan fingerprint density at radius 1 is 1.50 bits per heavy atom. The van der Waals surface area contributed by atoms with Crippen LogP contribution in [0.25, 0.3) is 0 Å². The highest BCUT2D eigenvalue weighted by atomic mass is 32.2. The predicted octanol–water partition coefficient (Wildman–Crippen LogP) is 1.70. The lowest BCUT2D eigenvalue weighted by atomic mass is 10.1. The number of aryl methyl sites for hydroxylation is 1. The first-order chi connectivity index (χ1) is 10.4. The van der Waals surface area contributed by atoms with Crippen LogP contribution in [0, 0.1) is 5.82 Å². The maximum atomic E-state index is 13.1. The smallest absolute Gasteiger partial charge is 0.280 e. The summed E-state index contributed by atoms with van der Waals surface area (Å²) in [5.74, 6) is -0.270. The topological polar surface area (TPSA) is 58.6 Å². The molecule has 22 heavy (non-hydrogen) atoms. The molecule has 1 saturated heterocycles. The van der Waals surface area contributed by atoms with E-state index in [-0.39, 0.29) is 17.9 Å². The minimum absolute atomic E-state index is 0.165. The third-order valence-electron chi connectivity index (χ3n) is 3.72. The van der Waals surface area contributed by atoms with Gasteiger partial charge in [0.25, 0.3) is 10.2 Å². The number of nitrogens with one attached hydrogen (secondary N) is 1. The first kappa shape index (κ1) is 17.3. The van der Waals surface area contributed by atoms with Crippen molar-refractivity contribution in [3.63, 3.8) is 0 Å². The van der Waals surface area contributed by atoms with Crippen molar-refractivity contribution in [3.05, 3.63) is 35.6 Å². The van der Waals surface area contributed by atoms with Crippen molar-refractivity contribution in [2.75, 3.05) is 19.8 Å². The molecular weight excluding hydrogens is 307 g/mol. The Kier molecular flexibility index (Phi) is 5.91. The fourth-order valence-electron chi connectivity index (χ4n) is 2.53. The SMILES string of the molecule is C[C@@H]1COCCN1S(=O)(=O)N[C@@H](C)CCc1cccc(F)c1. The van der Waals surface area contributed by atoms with Crippen LogP contribution in [0.1, 0.15) is 25.8 Å². The monoisotopic (exact) mass is 330 g/mol. The fourth-order valence-corrected chi connectivity index (χ4v) is 4.14. The fraction of sp³-hybridized carbons (Fsp3) is 0.600. The molecule has 2 atom stereocenters. The molecule has 0 saturated carbocycles. The molecule has 0 amide bonds. The molecule has 1 aromatic rings. The van der Waals surface area contributed by atoms with Gasteiger partial charge in [0.15, 0.2) is 0 Å². The Hall–Kier alpha value is -1.02. The van der Waals surface area contributed by atoms with Gasteiger partial charge >= 0.3 is 0 Å². The van der Waals surface area contributed by atoms with Crippen LogP contribution in [0.3, 0.4) is 0 Å². The maximum Gasteiger partial charge on any atom is 0.280 e. The van der Waals surface area contributed by atoms with Crippen LogP contribution in [-0.2, 0) is 21.4 Å². The summed E-state index contributed by atoms with van der Waals surface area (Å²) < 4.78 is 47.2. The summed E-state index contributed by atoms with van der Waals surface area (Å²) in [6, 6.07) is 5.99. The summed E-state index contributed by atoms with van der Waals surface area (Å²) in [7, 11) is -3.52. The van der Waals surface area contributed by atoms with E-state index in [9.17, 15) is 12.8 Å². The van der Waals surface area contributed by atoms with Crippen LogP contribution in [-0.4, -0.2) is 44.6 Å². The zero-order valence-corrected chi connectivity index (χ0v) is 13.8. The summed E-state index contributed by atoms with van der Waals surface area (Å²) in [6.07, 6.45) is 1.24. The van der Waals surface area contributed by atoms with Crippen molar-refractivity contribution in [2.45, 2.75) is 38.8 Å². The third kappa shape index (κ3) is 4.74. The number of morpholine rings is 1. The second-order valence-electron chi connectivity index (χ2n) is 5.73. The Morgan fingerprint density at radius 3 is 2.95 bits per heavy atom. The van der Waals surface area contributed by atoms with E-state index in [1.54, 1.807) is 6.07 Å². The molecule has 0 radical (unpaired) electrons. The minimum Gasteiger partial charge on any atom is -0.378 e. The maximum absolute atomic E-state index is 13.1. The highest BCUT2D eigenvalue weighted by Gasteiger charge is 2.30. The molecule has 1 aliphatic heterocycles. The minimum atomic E-state index is -3.52. The van der Waals surface area contributed by atoms with Gasteiger partial charge in [-0.15, -0.1) is 0 Å². The normalized spacial score (nSPS) is 21.7. The standard InChI is InChI=1S/C15H23FN2O3S/c1-12(6-7-14-4-3-5-15(16)10-14)17-22(19,20)18-8-9-21-11-13(18)2/h3-5,10,12-13,17H,6-9,11H2,1-2H3/t12-,13+/m0/s1. The van der Waals surface area contributed by atoms with Crippen LogP contribution < -0.4 is 4.72 Å². The van der Waals surface area contributed by atoms with Gasteiger partial charge in [0.2, 0.25) is 0 Å². The Bertz CT molecular complexity index is 594. The number of hydrogen-bond acceptors (Lipinski definition) is 3. The summed E-state index contributed by atoms with van der Waals surface area (Å²) >= 11 is 0. The highest BCUT2D eigenvalue weighted by molar-refractivity contribution is 7.87. The molecular formula is C15H23FN2O3S. The lowest BCUT2D eigenvalue weighted by molar-refractivity contribution is 0.0385. The Balaban J connectivity index is 1.89. The van der Waals surface area contributed by atoms with Crippen LogP contribution >= 0.6 is 0 Å². The zero-order chi connectivity index (χ0) is 16.2. The molecule has 1 aliphatic rings. The van der Waals surface area contributed by atoms with Gasteiger partial charge in [0, 0.05) is 18.6 Å². The Morgan fingerprint density at radius 2 is 2.27 bits per heavy atom. The molecule has 1 N–H and O–H groups in total. The predicted molar refractivity (Wildman–Crippen MR) is 83.2 cm³/mol. The average molecular weight is 330 g/mol. The van der Waals surface area contributed by atoms with Crippen molar-refractivity contribution in [2.24, 2.45) is 0 Å². The van der Waals surface area contributed by atoms with Gasteiger partial charge in [-0.2, -0.15) is 17.4 Å². The van der Waals surface area contributed by atoms with Crippen molar-refractivity contribution >= 4 is 10.2 Å². The molecule has 5 nitrogen and oxygen atoms in total. The molecule has 124 valence electrons. The van der Waals surface area contributed by atoms with Gasteiger partial charge in [0.1, 0.15) is 5.82 Å². The van der Waals surface area contributed by atoms with Gasteiger partial charge in [-0.3, -0.25) is 0 Å². The lowest BCUT2D eigenvalue weighted by Crippen LogP contribution is -2.53. The number of benzene rings is 1. The van der Waals surface area contributed by atoms with Gasteiger partial charge in [-0.05, 0) is 44.4 Å². The quantitative estimate of drug-likeness (QED) is 0.864. The molecule has 0 aromatic heterocycles. The van der Waals surface area contributed by atoms with Crippen molar-refractivity contribution in [1.29, 1.82) is 0 Å². The van der Waals surface area contributed by atoms with E-state index < -0.39 is 10.2 Å². The number of halogens is 1. The molecule has 1 heterocycles. The molecule has 2 rings (SSSR count). The van der Waals surface area contributed by atoms with Gasteiger partial charge in [-0.1, -0.05) is 12.1 Å². The third-order valence-corrected chi connectivity index (χ3v) is 5.58. The molecule has 1 fully saturated rings. The summed E-state index contributed by atoms with van der Waals surface area (Å²) in [5, 5.41) is 0. The second-order valence-corrected chi connectivity index (χ2v) is 7.38. The number of nitrogens with zero attached hydrogens (tertiary/aromatic N) is 1. The van der Waals surface area contributed by atoms with Gasteiger partial charge < -0.3 is 4.74 Å². The van der Waals surface area contributed by atoms with Crippen molar-refractivity contribution < 1.29 is 17.5 Å². The summed E-state index contributed by atoms with van der Waals surface area (Å²) in [6.45, 7) is 4.85. The summed E-state index contributed by atoms with van der Waals surface area (Å²) in [5.41, 5.74) is 0.866. The number of hydrogen-bond donors (Lipinski definition) is 1. The average Bonchev–Trinajstić information content (AvgIpc) is 2.45. The summed E-state index contributed by atoms with van der Waals surface area (Å²) in [4.78, 5) is 0. The van der Waals surface area contributed by atoms with Gasteiger partial charge in [-0.25, -0.2) is 4.39 Å². The van der Waals surface area contributed by atoms with E-state index >= 15 is 0 Å². The zero-order valence-electron chi connectivity index (χ0n) is 13.0. The van der Waals surface area contributed by atoms with Crippen molar-refractivity contribution in [3.8, 4) is 0 Å². The number of rotatable bonds is 6. The first-order valence-electron chi connectivity index (χ1n) is 7.50. The molecule has 0 aliphatic carbocycles. The largest absolute Gasteiger partial charge is 0.378 e. The molecule has 0 unspecified atom stereocenters. The van der Waals surface area contributed by atoms with E-state index in [4.69, 9.17) is 4.74 Å². The Labute approximate surface area is 131 Å². The van der Waals surface area contributed by atoms with E-state index in [1.165, 1.54) is 16.4 Å². The second kappa shape index (κ2) is 7.50. The highest BCUT2D eigenvalue weighted by Crippen LogP contribution is 2.13. The van der Waals surface area contributed by atoms with Crippen LogP contribution in [0.5, 0.6) is 0 Å². The first-order valence-corrected chi connectivity index (χ1v) is 8.94. The molecule has 0 bridgehead atoms. The van der Waals surface area contributed by atoms with Crippen LogP contribution in [0.15, 0.2) is 24.3 Å². The van der Waals surface area contributed by atoms with E-state index in [0.29, 0.717) is 32.6 Å². The molecule has 7 heteroatoms. The molecule has 1 aromatic carbocycles.